The SMILES string of the molecule is CCN1COC/C(Cl)=C\C(C=C(C)C)=C1c1ccc(F)cc1Cl. The van der Waals surface area contributed by atoms with Crippen molar-refractivity contribution in [1.29, 1.82) is 0 Å². The molecule has 0 bridgehead atoms. The van der Waals surface area contributed by atoms with Gasteiger partial charge in [0.15, 0.2) is 0 Å². The van der Waals surface area contributed by atoms with Crippen LogP contribution in [-0.2, 0) is 4.74 Å². The molecule has 0 spiro atoms. The van der Waals surface area contributed by atoms with E-state index in [-0.39, 0.29) is 5.82 Å². The van der Waals surface area contributed by atoms with Crippen LogP contribution in [0.2, 0.25) is 5.02 Å². The molecular formula is C18H20Cl2FNO. The largest absolute Gasteiger partial charge is 0.356 e. The molecule has 0 atom stereocenters. The summed E-state index contributed by atoms with van der Waals surface area (Å²) in [5, 5.41) is 0.979. The van der Waals surface area contributed by atoms with Crippen LogP contribution < -0.4 is 0 Å². The van der Waals surface area contributed by atoms with Crippen molar-refractivity contribution in [2.24, 2.45) is 0 Å². The average molecular weight is 356 g/mol. The van der Waals surface area contributed by atoms with E-state index in [0.29, 0.717) is 23.4 Å². The van der Waals surface area contributed by atoms with E-state index in [1.807, 2.05) is 32.9 Å². The summed E-state index contributed by atoms with van der Waals surface area (Å²) in [5.74, 6) is -0.359. The second-order valence-corrected chi connectivity index (χ2v) is 6.47. The van der Waals surface area contributed by atoms with E-state index in [2.05, 4.69) is 4.90 Å². The van der Waals surface area contributed by atoms with Crippen LogP contribution in [0.5, 0.6) is 0 Å². The zero-order chi connectivity index (χ0) is 17.0. The lowest BCUT2D eigenvalue weighted by Gasteiger charge is -2.30. The monoisotopic (exact) mass is 355 g/mol. The van der Waals surface area contributed by atoms with Gasteiger partial charge in [0.05, 0.1) is 17.3 Å². The Morgan fingerprint density at radius 2 is 2.09 bits per heavy atom. The van der Waals surface area contributed by atoms with Crippen molar-refractivity contribution in [3.63, 3.8) is 0 Å². The zero-order valence-corrected chi connectivity index (χ0v) is 15.0. The van der Waals surface area contributed by atoms with Crippen LogP contribution in [-0.4, -0.2) is 24.8 Å². The lowest BCUT2D eigenvalue weighted by atomic mass is 10.0. The molecule has 23 heavy (non-hydrogen) atoms. The number of hydrogen-bond donors (Lipinski definition) is 0. The predicted molar refractivity (Wildman–Crippen MR) is 94.9 cm³/mol. The Morgan fingerprint density at radius 3 is 2.70 bits per heavy atom. The standard InChI is InChI=1S/C18H20Cl2FNO/c1-4-22-11-23-10-14(19)8-13(7-12(2)3)18(22)16-6-5-15(21)9-17(16)20/h5-9H,4,10-11H2,1-3H3/b14-8+,18-13?. The Hall–Kier alpha value is -1.29. The third kappa shape index (κ3) is 4.60. The second kappa shape index (κ2) is 8.00. The molecule has 1 aliphatic rings. The predicted octanol–water partition coefficient (Wildman–Crippen LogP) is 5.59. The topological polar surface area (TPSA) is 12.5 Å². The average Bonchev–Trinajstić information content (AvgIpc) is 2.45. The highest BCUT2D eigenvalue weighted by Crippen LogP contribution is 2.33. The number of benzene rings is 1. The van der Waals surface area contributed by atoms with Gasteiger partial charge in [-0.05, 0) is 50.6 Å². The Labute approximate surface area is 146 Å². The highest BCUT2D eigenvalue weighted by molar-refractivity contribution is 6.32. The number of hydrogen-bond acceptors (Lipinski definition) is 2. The van der Waals surface area contributed by atoms with E-state index in [4.69, 9.17) is 27.9 Å². The lowest BCUT2D eigenvalue weighted by Crippen LogP contribution is -2.27. The molecule has 0 aliphatic carbocycles. The van der Waals surface area contributed by atoms with E-state index >= 15 is 0 Å². The van der Waals surface area contributed by atoms with Crippen molar-refractivity contribution >= 4 is 28.9 Å². The molecule has 0 unspecified atom stereocenters. The number of nitrogens with zero attached hydrogens (tertiary/aromatic N) is 1. The Morgan fingerprint density at radius 1 is 1.35 bits per heavy atom. The third-order valence-corrected chi connectivity index (χ3v) is 3.93. The summed E-state index contributed by atoms with van der Waals surface area (Å²) in [5.41, 5.74) is 3.72. The van der Waals surface area contributed by atoms with Gasteiger partial charge >= 0.3 is 0 Å². The van der Waals surface area contributed by atoms with E-state index in [1.165, 1.54) is 12.1 Å². The van der Waals surface area contributed by atoms with Gasteiger partial charge in [-0.1, -0.05) is 34.9 Å². The Bertz CT molecular complexity index is 676. The van der Waals surface area contributed by atoms with Crippen molar-refractivity contribution in [3.05, 3.63) is 62.9 Å². The van der Waals surface area contributed by atoms with Gasteiger partial charge in [-0.25, -0.2) is 4.39 Å². The molecule has 1 heterocycles. The molecule has 0 N–H and O–H groups in total. The lowest BCUT2D eigenvalue weighted by molar-refractivity contribution is 0.0784. The summed E-state index contributed by atoms with van der Waals surface area (Å²) >= 11 is 12.5. The summed E-state index contributed by atoms with van der Waals surface area (Å²) in [6.45, 7) is 7.56. The summed E-state index contributed by atoms with van der Waals surface area (Å²) in [6.07, 6.45) is 3.93. The molecule has 2 nitrogen and oxygen atoms in total. The molecule has 0 aromatic heterocycles. The van der Waals surface area contributed by atoms with Crippen LogP contribution in [0.25, 0.3) is 5.70 Å². The van der Waals surface area contributed by atoms with Crippen molar-refractivity contribution < 1.29 is 9.13 Å². The summed E-state index contributed by atoms with van der Waals surface area (Å²) in [7, 11) is 0. The van der Waals surface area contributed by atoms with Gasteiger partial charge in [0.1, 0.15) is 12.5 Å². The van der Waals surface area contributed by atoms with Crippen molar-refractivity contribution in [3.8, 4) is 0 Å². The summed E-state index contributed by atoms with van der Waals surface area (Å²) in [4.78, 5) is 2.06. The van der Waals surface area contributed by atoms with E-state index in [0.717, 1.165) is 29.0 Å². The van der Waals surface area contributed by atoms with Gasteiger partial charge in [0.2, 0.25) is 0 Å². The first kappa shape index (κ1) is 18.1. The molecule has 5 heteroatoms. The van der Waals surface area contributed by atoms with Crippen LogP contribution in [0.3, 0.4) is 0 Å². The minimum absolute atomic E-state index is 0.359. The fourth-order valence-corrected chi connectivity index (χ4v) is 2.91. The fourth-order valence-electron chi connectivity index (χ4n) is 2.46. The van der Waals surface area contributed by atoms with Gasteiger partial charge < -0.3 is 9.64 Å². The normalized spacial score (nSPS) is 18.2. The highest BCUT2D eigenvalue weighted by Gasteiger charge is 2.19. The first-order valence-electron chi connectivity index (χ1n) is 7.45. The maximum atomic E-state index is 13.4. The maximum absolute atomic E-state index is 13.4. The smallest absolute Gasteiger partial charge is 0.124 e. The molecule has 0 saturated carbocycles. The van der Waals surface area contributed by atoms with E-state index in [1.54, 1.807) is 6.07 Å². The van der Waals surface area contributed by atoms with Crippen molar-refractivity contribution in [2.45, 2.75) is 20.8 Å². The minimum atomic E-state index is -0.359. The molecule has 0 radical (unpaired) electrons. The first-order valence-corrected chi connectivity index (χ1v) is 8.21. The van der Waals surface area contributed by atoms with Gasteiger partial charge in [0, 0.05) is 17.1 Å². The number of allylic oxidation sites excluding steroid dienone is 4. The molecule has 1 aliphatic heterocycles. The van der Waals surface area contributed by atoms with Crippen molar-refractivity contribution in [1.82, 2.24) is 4.90 Å². The zero-order valence-electron chi connectivity index (χ0n) is 13.5. The van der Waals surface area contributed by atoms with Crippen molar-refractivity contribution in [2.75, 3.05) is 19.9 Å². The van der Waals surface area contributed by atoms with Gasteiger partial charge in [-0.2, -0.15) is 0 Å². The number of ether oxygens (including phenoxy) is 1. The number of rotatable bonds is 3. The summed E-state index contributed by atoms with van der Waals surface area (Å²) in [6, 6.07) is 4.42. The van der Waals surface area contributed by atoms with E-state index in [9.17, 15) is 4.39 Å². The van der Waals surface area contributed by atoms with Crippen LogP contribution in [0, 0.1) is 5.82 Å². The molecular weight excluding hydrogens is 336 g/mol. The van der Waals surface area contributed by atoms with Gasteiger partial charge in [-0.3, -0.25) is 0 Å². The third-order valence-electron chi connectivity index (χ3n) is 3.40. The van der Waals surface area contributed by atoms with Crippen LogP contribution in [0.4, 0.5) is 4.39 Å². The van der Waals surface area contributed by atoms with Gasteiger partial charge in [0.25, 0.3) is 0 Å². The Kier molecular flexibility index (Phi) is 6.28. The second-order valence-electron chi connectivity index (χ2n) is 5.57. The van der Waals surface area contributed by atoms with Crippen LogP contribution in [0.1, 0.15) is 26.3 Å². The molecule has 124 valence electrons. The molecule has 0 fully saturated rings. The quantitative estimate of drug-likeness (QED) is 0.700. The number of halogens is 3. The molecule has 0 amide bonds. The van der Waals surface area contributed by atoms with Crippen LogP contribution in [0.15, 0.2) is 46.5 Å². The van der Waals surface area contributed by atoms with Crippen LogP contribution >= 0.6 is 23.2 Å². The van der Waals surface area contributed by atoms with Gasteiger partial charge in [-0.15, -0.1) is 0 Å². The first-order chi connectivity index (χ1) is 10.9. The molecule has 1 aromatic carbocycles. The molecule has 0 saturated heterocycles. The summed E-state index contributed by atoms with van der Waals surface area (Å²) < 4.78 is 19.0. The highest BCUT2D eigenvalue weighted by atomic mass is 35.5. The fraction of sp³-hybridized carbons (Fsp3) is 0.333. The van der Waals surface area contributed by atoms with E-state index < -0.39 is 0 Å². The molecule has 1 aromatic rings. The maximum Gasteiger partial charge on any atom is 0.124 e. The Balaban J connectivity index is 2.74. The minimum Gasteiger partial charge on any atom is -0.356 e. The molecule has 2 rings (SSSR count).